The maximum absolute atomic E-state index is 5.97. The fraction of sp³-hybridized carbons (Fsp3) is 0.667. The molecule has 1 saturated heterocycles. The van der Waals surface area contributed by atoms with Crippen molar-refractivity contribution >= 4 is 11.4 Å². The van der Waals surface area contributed by atoms with E-state index >= 15 is 0 Å². The Morgan fingerprint density at radius 1 is 1.14 bits per heavy atom. The molecule has 2 N–H and O–H groups in total. The monoisotopic (exact) mass is 303 g/mol. The van der Waals surface area contributed by atoms with Gasteiger partial charge in [0, 0.05) is 36.9 Å². The summed E-state index contributed by atoms with van der Waals surface area (Å²) >= 11 is 0. The highest BCUT2D eigenvalue weighted by Crippen LogP contribution is 2.35. The molecule has 2 aliphatic rings. The number of nitrogen functional groups attached to an aromatic ring is 1. The first kappa shape index (κ1) is 15.5. The van der Waals surface area contributed by atoms with E-state index in [1.165, 1.54) is 31.4 Å². The summed E-state index contributed by atoms with van der Waals surface area (Å²) in [6, 6.07) is 7.64. The van der Waals surface area contributed by atoms with E-state index in [4.69, 9.17) is 10.5 Å². The minimum Gasteiger partial charge on any atom is -0.489 e. The van der Waals surface area contributed by atoms with Crippen molar-refractivity contribution in [1.29, 1.82) is 0 Å². The third-order valence-corrected chi connectivity index (χ3v) is 4.85. The molecule has 1 saturated carbocycles. The van der Waals surface area contributed by atoms with Gasteiger partial charge in [0.25, 0.3) is 0 Å². The van der Waals surface area contributed by atoms with Crippen LogP contribution >= 0.6 is 0 Å². The minimum absolute atomic E-state index is 0.166. The van der Waals surface area contributed by atoms with Crippen LogP contribution in [0.2, 0.25) is 0 Å². The minimum atomic E-state index is 0.166. The molecule has 1 aliphatic heterocycles. The molecular formula is C18H29N3O. The average molecular weight is 303 g/mol. The Balaban J connectivity index is 1.67. The molecule has 0 bridgehead atoms. The number of benzene rings is 1. The van der Waals surface area contributed by atoms with Gasteiger partial charge in [0.05, 0.1) is 11.8 Å². The van der Waals surface area contributed by atoms with E-state index in [9.17, 15) is 0 Å². The first-order valence-corrected chi connectivity index (χ1v) is 8.57. The van der Waals surface area contributed by atoms with Crippen molar-refractivity contribution in [2.45, 2.75) is 57.7 Å². The maximum Gasteiger partial charge on any atom is 0.145 e. The number of nitrogens with zero attached hydrogens (tertiary/aromatic N) is 2. The highest BCUT2D eigenvalue weighted by atomic mass is 16.5. The number of hydrogen-bond donors (Lipinski definition) is 1. The summed E-state index contributed by atoms with van der Waals surface area (Å²) in [5.41, 5.74) is 7.89. The van der Waals surface area contributed by atoms with Crippen molar-refractivity contribution in [3.63, 3.8) is 0 Å². The van der Waals surface area contributed by atoms with Crippen LogP contribution in [-0.2, 0) is 0 Å². The van der Waals surface area contributed by atoms with E-state index in [0.29, 0.717) is 0 Å². The molecule has 2 fully saturated rings. The number of ether oxygens (including phenoxy) is 1. The van der Waals surface area contributed by atoms with Crippen molar-refractivity contribution in [2.24, 2.45) is 0 Å². The fourth-order valence-electron chi connectivity index (χ4n) is 3.43. The van der Waals surface area contributed by atoms with Crippen molar-refractivity contribution in [2.75, 3.05) is 30.8 Å². The SMILES string of the molecule is CC(C)Oc1cc(N)ccc1N1CCC(N(C)C2CC2)CC1. The normalized spacial score (nSPS) is 20.0. The quantitative estimate of drug-likeness (QED) is 0.849. The highest BCUT2D eigenvalue weighted by Gasteiger charge is 2.33. The van der Waals surface area contributed by atoms with Crippen molar-refractivity contribution in [3.05, 3.63) is 18.2 Å². The van der Waals surface area contributed by atoms with Crippen LogP contribution in [0.1, 0.15) is 39.5 Å². The largest absolute Gasteiger partial charge is 0.489 e. The van der Waals surface area contributed by atoms with Gasteiger partial charge in [-0.25, -0.2) is 0 Å². The topological polar surface area (TPSA) is 41.7 Å². The van der Waals surface area contributed by atoms with Gasteiger partial charge in [-0.05, 0) is 58.7 Å². The summed E-state index contributed by atoms with van der Waals surface area (Å²) in [6.07, 6.45) is 5.41. The smallest absolute Gasteiger partial charge is 0.145 e. The molecule has 1 aromatic rings. The molecule has 0 radical (unpaired) electrons. The summed E-state index contributed by atoms with van der Waals surface area (Å²) in [5.74, 6) is 0.920. The van der Waals surface area contributed by atoms with Crippen molar-refractivity contribution in [1.82, 2.24) is 4.90 Å². The molecule has 22 heavy (non-hydrogen) atoms. The summed E-state index contributed by atoms with van der Waals surface area (Å²) in [7, 11) is 2.30. The number of hydrogen-bond acceptors (Lipinski definition) is 4. The van der Waals surface area contributed by atoms with Gasteiger partial charge < -0.3 is 20.3 Å². The van der Waals surface area contributed by atoms with E-state index in [2.05, 4.69) is 36.8 Å². The van der Waals surface area contributed by atoms with Gasteiger partial charge in [0.1, 0.15) is 5.75 Å². The molecule has 4 heteroatoms. The number of anilines is 2. The van der Waals surface area contributed by atoms with Crippen LogP contribution in [-0.4, -0.2) is 43.2 Å². The second-order valence-electron chi connectivity index (χ2n) is 7.01. The van der Waals surface area contributed by atoms with Crippen LogP contribution in [0.3, 0.4) is 0 Å². The zero-order chi connectivity index (χ0) is 15.7. The molecule has 0 unspecified atom stereocenters. The molecule has 1 heterocycles. The highest BCUT2D eigenvalue weighted by molar-refractivity contribution is 5.64. The maximum atomic E-state index is 5.97. The summed E-state index contributed by atoms with van der Waals surface area (Å²) < 4.78 is 5.97. The molecule has 0 aromatic heterocycles. The molecule has 0 amide bonds. The van der Waals surface area contributed by atoms with Crippen molar-refractivity contribution < 1.29 is 4.74 Å². The number of rotatable bonds is 5. The van der Waals surface area contributed by atoms with E-state index in [1.54, 1.807) is 0 Å². The van der Waals surface area contributed by atoms with Gasteiger partial charge in [0.15, 0.2) is 0 Å². The molecule has 0 atom stereocenters. The van der Waals surface area contributed by atoms with Crippen molar-refractivity contribution in [3.8, 4) is 5.75 Å². The van der Waals surface area contributed by atoms with Gasteiger partial charge in [-0.15, -0.1) is 0 Å². The van der Waals surface area contributed by atoms with Crippen LogP contribution in [0.25, 0.3) is 0 Å². The molecule has 0 spiro atoms. The van der Waals surface area contributed by atoms with Crippen LogP contribution < -0.4 is 15.4 Å². The van der Waals surface area contributed by atoms with Gasteiger partial charge >= 0.3 is 0 Å². The lowest BCUT2D eigenvalue weighted by Crippen LogP contribution is -2.44. The standard InChI is InChI=1S/C18H29N3O/c1-13(2)22-18-12-14(19)4-7-17(18)21-10-8-16(9-11-21)20(3)15-5-6-15/h4,7,12-13,15-16H,5-6,8-11,19H2,1-3H3. The summed E-state index contributed by atoms with van der Waals surface area (Å²) in [5, 5.41) is 0. The Labute approximate surface area is 134 Å². The third-order valence-electron chi connectivity index (χ3n) is 4.85. The van der Waals surface area contributed by atoms with Gasteiger partial charge in [-0.3, -0.25) is 0 Å². The fourth-order valence-corrected chi connectivity index (χ4v) is 3.43. The Hall–Kier alpha value is -1.42. The molecule has 1 aliphatic carbocycles. The number of nitrogens with two attached hydrogens (primary N) is 1. The Bertz CT molecular complexity index is 505. The lowest BCUT2D eigenvalue weighted by Gasteiger charge is -2.38. The van der Waals surface area contributed by atoms with Gasteiger partial charge in [-0.2, -0.15) is 0 Å². The van der Waals surface area contributed by atoms with Crippen LogP contribution in [0.15, 0.2) is 18.2 Å². The second-order valence-corrected chi connectivity index (χ2v) is 7.01. The molecule has 1 aromatic carbocycles. The van der Waals surface area contributed by atoms with Crippen LogP contribution in [0, 0.1) is 0 Å². The summed E-state index contributed by atoms with van der Waals surface area (Å²) in [4.78, 5) is 5.06. The Morgan fingerprint density at radius 2 is 1.77 bits per heavy atom. The average Bonchev–Trinajstić information content (AvgIpc) is 3.31. The second kappa shape index (κ2) is 6.37. The third kappa shape index (κ3) is 3.49. The molecule has 122 valence electrons. The van der Waals surface area contributed by atoms with E-state index in [-0.39, 0.29) is 6.10 Å². The number of piperidine rings is 1. The van der Waals surface area contributed by atoms with Crippen LogP contribution in [0.4, 0.5) is 11.4 Å². The predicted octanol–water partition coefficient (Wildman–Crippen LogP) is 3.12. The zero-order valence-corrected chi connectivity index (χ0v) is 14.1. The molecule has 4 nitrogen and oxygen atoms in total. The van der Waals surface area contributed by atoms with E-state index in [1.807, 2.05) is 12.1 Å². The summed E-state index contributed by atoms with van der Waals surface area (Å²) in [6.45, 7) is 6.31. The van der Waals surface area contributed by atoms with E-state index in [0.717, 1.165) is 36.6 Å². The molecule has 3 rings (SSSR count). The van der Waals surface area contributed by atoms with Gasteiger partial charge in [0.2, 0.25) is 0 Å². The molecular weight excluding hydrogens is 274 g/mol. The predicted molar refractivity (Wildman–Crippen MR) is 92.6 cm³/mol. The first-order chi connectivity index (χ1) is 10.5. The Morgan fingerprint density at radius 3 is 2.36 bits per heavy atom. The first-order valence-electron chi connectivity index (χ1n) is 8.57. The van der Waals surface area contributed by atoms with Gasteiger partial charge in [-0.1, -0.05) is 0 Å². The zero-order valence-electron chi connectivity index (χ0n) is 14.1. The Kier molecular flexibility index (Phi) is 4.48. The lowest BCUT2D eigenvalue weighted by molar-refractivity contribution is 0.198. The lowest BCUT2D eigenvalue weighted by atomic mass is 10.0. The van der Waals surface area contributed by atoms with Crippen LogP contribution in [0.5, 0.6) is 5.75 Å². The van der Waals surface area contributed by atoms with E-state index < -0.39 is 0 Å².